The average molecular weight is 244 g/mol. The quantitative estimate of drug-likeness (QED) is 0.760. The molecular weight excluding hydrogens is 230 g/mol. The van der Waals surface area contributed by atoms with Gasteiger partial charge in [-0.05, 0) is 30.7 Å². The number of amides is 1. The summed E-state index contributed by atoms with van der Waals surface area (Å²) < 4.78 is 5.35. The van der Waals surface area contributed by atoms with Gasteiger partial charge in [0.25, 0.3) is 5.91 Å². The molecule has 88 valence electrons. The van der Waals surface area contributed by atoms with Crippen LogP contribution in [0.4, 0.5) is 0 Å². The third-order valence-corrected chi connectivity index (χ3v) is 2.35. The fraction of sp³-hybridized carbons (Fsp3) is 0.364. The Morgan fingerprint density at radius 2 is 2.19 bits per heavy atom. The summed E-state index contributed by atoms with van der Waals surface area (Å²) in [6, 6.07) is 5.23. The van der Waals surface area contributed by atoms with Gasteiger partial charge in [-0.2, -0.15) is 0 Å². The van der Waals surface area contributed by atoms with Crippen LogP contribution in [0.5, 0.6) is 5.75 Å². The third-order valence-electron chi connectivity index (χ3n) is 2.11. The number of carbonyl (C=O) groups is 1. The Balaban J connectivity index is 2.58. The van der Waals surface area contributed by atoms with Crippen molar-refractivity contribution >= 4 is 17.5 Å². The minimum Gasteiger partial charge on any atom is -0.483 e. The van der Waals surface area contributed by atoms with Gasteiger partial charge in [0.2, 0.25) is 0 Å². The Hall–Kier alpha value is -1.26. The second-order valence-electron chi connectivity index (χ2n) is 3.27. The standard InChI is InChI=1S/C11H14ClNO3/c1-8-6-9(12)4-5-10(8)16-7-11(14)13(2)15-3/h4-6H,7H2,1-3H3. The van der Waals surface area contributed by atoms with Crippen LogP contribution in [0.2, 0.25) is 5.02 Å². The molecule has 0 aliphatic carbocycles. The highest BCUT2D eigenvalue weighted by atomic mass is 35.5. The first kappa shape index (κ1) is 12.8. The van der Waals surface area contributed by atoms with E-state index in [0.717, 1.165) is 10.6 Å². The predicted molar refractivity (Wildman–Crippen MR) is 61.5 cm³/mol. The number of likely N-dealkylation sites (N-methyl/N-ethyl adjacent to an activating group) is 1. The zero-order valence-electron chi connectivity index (χ0n) is 9.49. The van der Waals surface area contributed by atoms with Crippen molar-refractivity contribution in [2.75, 3.05) is 20.8 Å². The molecule has 0 N–H and O–H groups in total. The molecule has 0 heterocycles. The molecule has 5 heteroatoms. The van der Waals surface area contributed by atoms with E-state index in [2.05, 4.69) is 0 Å². The van der Waals surface area contributed by atoms with E-state index in [1.807, 2.05) is 6.92 Å². The molecule has 0 aliphatic heterocycles. The summed E-state index contributed by atoms with van der Waals surface area (Å²) in [6.45, 7) is 1.80. The molecule has 0 atom stereocenters. The monoisotopic (exact) mass is 243 g/mol. The van der Waals surface area contributed by atoms with Gasteiger partial charge in [-0.3, -0.25) is 9.63 Å². The molecule has 1 aromatic carbocycles. The van der Waals surface area contributed by atoms with Gasteiger partial charge in [0.05, 0.1) is 7.11 Å². The maximum absolute atomic E-state index is 11.4. The molecule has 0 unspecified atom stereocenters. The number of benzene rings is 1. The molecule has 0 aromatic heterocycles. The van der Waals surface area contributed by atoms with E-state index < -0.39 is 0 Å². The first-order valence-corrected chi connectivity index (χ1v) is 5.12. The fourth-order valence-electron chi connectivity index (χ4n) is 1.11. The van der Waals surface area contributed by atoms with E-state index in [1.165, 1.54) is 14.2 Å². The molecule has 0 bridgehead atoms. The smallest absolute Gasteiger partial charge is 0.283 e. The number of hydrogen-bond donors (Lipinski definition) is 0. The lowest BCUT2D eigenvalue weighted by Crippen LogP contribution is -2.30. The molecular formula is C11H14ClNO3. The zero-order valence-corrected chi connectivity index (χ0v) is 10.2. The van der Waals surface area contributed by atoms with E-state index in [0.29, 0.717) is 10.8 Å². The van der Waals surface area contributed by atoms with Gasteiger partial charge in [0.15, 0.2) is 6.61 Å². The summed E-state index contributed by atoms with van der Waals surface area (Å²) in [5.74, 6) is 0.388. The molecule has 1 amide bonds. The second-order valence-corrected chi connectivity index (χ2v) is 3.71. The highest BCUT2D eigenvalue weighted by Crippen LogP contribution is 2.21. The molecule has 0 radical (unpaired) electrons. The summed E-state index contributed by atoms with van der Waals surface area (Å²) in [6.07, 6.45) is 0. The molecule has 0 fully saturated rings. The minimum absolute atomic E-state index is 0.0627. The van der Waals surface area contributed by atoms with Crippen molar-refractivity contribution in [3.63, 3.8) is 0 Å². The lowest BCUT2D eigenvalue weighted by atomic mass is 10.2. The van der Waals surface area contributed by atoms with E-state index in [4.69, 9.17) is 21.2 Å². The topological polar surface area (TPSA) is 38.8 Å². The zero-order chi connectivity index (χ0) is 12.1. The van der Waals surface area contributed by atoms with Crippen LogP contribution in [0.15, 0.2) is 18.2 Å². The van der Waals surface area contributed by atoms with Crippen LogP contribution in [-0.2, 0) is 9.63 Å². The summed E-state index contributed by atoms with van der Waals surface area (Å²) in [4.78, 5) is 16.1. The van der Waals surface area contributed by atoms with E-state index in [9.17, 15) is 4.79 Å². The molecule has 0 spiro atoms. The Morgan fingerprint density at radius 3 is 2.75 bits per heavy atom. The lowest BCUT2D eigenvalue weighted by molar-refractivity contribution is -0.170. The fourth-order valence-corrected chi connectivity index (χ4v) is 1.33. The van der Waals surface area contributed by atoms with Crippen molar-refractivity contribution in [3.8, 4) is 5.75 Å². The van der Waals surface area contributed by atoms with Crippen LogP contribution in [0.3, 0.4) is 0 Å². The Morgan fingerprint density at radius 1 is 1.50 bits per heavy atom. The van der Waals surface area contributed by atoms with Crippen LogP contribution in [0, 0.1) is 6.92 Å². The molecule has 0 saturated heterocycles. The SMILES string of the molecule is CON(C)C(=O)COc1ccc(Cl)cc1C. The maximum atomic E-state index is 11.4. The third kappa shape index (κ3) is 3.40. The van der Waals surface area contributed by atoms with Gasteiger partial charge < -0.3 is 4.74 Å². The summed E-state index contributed by atoms with van der Waals surface area (Å²) in [5, 5.41) is 1.76. The molecule has 1 rings (SSSR count). The highest BCUT2D eigenvalue weighted by molar-refractivity contribution is 6.30. The van der Waals surface area contributed by atoms with Crippen molar-refractivity contribution < 1.29 is 14.4 Å². The first-order chi connectivity index (χ1) is 7.54. The molecule has 0 aliphatic rings. The maximum Gasteiger partial charge on any atom is 0.283 e. The number of halogens is 1. The predicted octanol–water partition coefficient (Wildman–Crippen LogP) is 2.05. The number of hydrogen-bond acceptors (Lipinski definition) is 3. The number of nitrogens with zero attached hydrogens (tertiary/aromatic N) is 1. The van der Waals surface area contributed by atoms with Gasteiger partial charge >= 0.3 is 0 Å². The van der Waals surface area contributed by atoms with Crippen LogP contribution in [0.25, 0.3) is 0 Å². The van der Waals surface area contributed by atoms with Crippen LogP contribution < -0.4 is 4.74 Å². The van der Waals surface area contributed by atoms with Gasteiger partial charge in [-0.15, -0.1) is 0 Å². The normalized spacial score (nSPS) is 10.0. The van der Waals surface area contributed by atoms with Crippen molar-refractivity contribution in [2.24, 2.45) is 0 Å². The van der Waals surface area contributed by atoms with Crippen molar-refractivity contribution in [1.29, 1.82) is 0 Å². The Kier molecular flexibility index (Phi) is 4.58. The lowest BCUT2D eigenvalue weighted by Gasteiger charge is -2.14. The van der Waals surface area contributed by atoms with Crippen molar-refractivity contribution in [1.82, 2.24) is 5.06 Å². The van der Waals surface area contributed by atoms with Crippen LogP contribution in [-0.4, -0.2) is 31.7 Å². The molecule has 4 nitrogen and oxygen atoms in total. The number of aryl methyl sites for hydroxylation is 1. The average Bonchev–Trinajstić information content (AvgIpc) is 2.26. The molecule has 0 saturated carbocycles. The largest absolute Gasteiger partial charge is 0.483 e. The molecule has 16 heavy (non-hydrogen) atoms. The van der Waals surface area contributed by atoms with Gasteiger partial charge in [0.1, 0.15) is 5.75 Å². The number of carbonyl (C=O) groups excluding carboxylic acids is 1. The van der Waals surface area contributed by atoms with Gasteiger partial charge in [-0.1, -0.05) is 11.6 Å². The van der Waals surface area contributed by atoms with Crippen molar-refractivity contribution in [2.45, 2.75) is 6.92 Å². The summed E-state index contributed by atoms with van der Waals surface area (Å²) in [5.41, 5.74) is 0.889. The Bertz CT molecular complexity index is 381. The molecule has 1 aromatic rings. The van der Waals surface area contributed by atoms with Gasteiger partial charge in [0, 0.05) is 12.1 Å². The summed E-state index contributed by atoms with van der Waals surface area (Å²) >= 11 is 5.80. The Labute approximate surface area is 99.7 Å². The number of ether oxygens (including phenoxy) is 1. The van der Waals surface area contributed by atoms with Crippen LogP contribution >= 0.6 is 11.6 Å². The highest BCUT2D eigenvalue weighted by Gasteiger charge is 2.09. The summed E-state index contributed by atoms with van der Waals surface area (Å²) in [7, 11) is 2.95. The number of hydroxylamine groups is 2. The van der Waals surface area contributed by atoms with E-state index >= 15 is 0 Å². The van der Waals surface area contributed by atoms with Crippen LogP contribution in [0.1, 0.15) is 5.56 Å². The first-order valence-electron chi connectivity index (χ1n) is 4.74. The van der Waals surface area contributed by atoms with E-state index in [-0.39, 0.29) is 12.5 Å². The van der Waals surface area contributed by atoms with Gasteiger partial charge in [-0.25, -0.2) is 5.06 Å². The second kappa shape index (κ2) is 5.72. The van der Waals surface area contributed by atoms with Crippen molar-refractivity contribution in [3.05, 3.63) is 28.8 Å². The number of rotatable bonds is 4. The van der Waals surface area contributed by atoms with E-state index in [1.54, 1.807) is 18.2 Å². The minimum atomic E-state index is -0.253.